The van der Waals surface area contributed by atoms with Gasteiger partial charge >= 0.3 is 0 Å². The fourth-order valence-electron chi connectivity index (χ4n) is 1.50. The molecule has 1 aromatic rings. The lowest BCUT2D eigenvalue weighted by Gasteiger charge is -2.03. The SMILES string of the molecule is CCn1cc(S(=O)(=O)NCCSC)cc1CN. The molecule has 0 aliphatic heterocycles. The monoisotopic (exact) mass is 277 g/mol. The van der Waals surface area contributed by atoms with Crippen molar-refractivity contribution in [2.24, 2.45) is 5.73 Å². The molecule has 5 nitrogen and oxygen atoms in total. The Balaban J connectivity index is 2.87. The Morgan fingerprint density at radius 1 is 1.53 bits per heavy atom. The van der Waals surface area contributed by atoms with E-state index in [1.165, 1.54) is 0 Å². The van der Waals surface area contributed by atoms with E-state index in [-0.39, 0.29) is 0 Å². The highest BCUT2D eigenvalue weighted by molar-refractivity contribution is 7.98. The van der Waals surface area contributed by atoms with E-state index in [1.807, 2.05) is 17.7 Å². The zero-order valence-corrected chi connectivity index (χ0v) is 11.8. The molecule has 0 amide bonds. The topological polar surface area (TPSA) is 77.1 Å². The third-order valence-corrected chi connectivity index (χ3v) is 4.46. The maximum absolute atomic E-state index is 11.9. The molecule has 0 aromatic carbocycles. The minimum absolute atomic E-state index is 0.293. The van der Waals surface area contributed by atoms with Gasteiger partial charge in [0.05, 0.1) is 4.90 Å². The van der Waals surface area contributed by atoms with Gasteiger partial charge in [0.15, 0.2) is 0 Å². The van der Waals surface area contributed by atoms with E-state index in [1.54, 1.807) is 24.0 Å². The maximum atomic E-state index is 11.9. The third kappa shape index (κ3) is 3.74. The van der Waals surface area contributed by atoms with Crippen LogP contribution in [-0.2, 0) is 23.1 Å². The summed E-state index contributed by atoms with van der Waals surface area (Å²) < 4.78 is 28.3. The molecule has 7 heteroatoms. The molecule has 1 rings (SSSR count). The molecule has 1 heterocycles. The van der Waals surface area contributed by atoms with Gasteiger partial charge in [-0.3, -0.25) is 0 Å². The number of aromatic nitrogens is 1. The zero-order valence-electron chi connectivity index (χ0n) is 10.1. The molecule has 0 bridgehead atoms. The lowest BCUT2D eigenvalue weighted by atomic mass is 10.4. The summed E-state index contributed by atoms with van der Waals surface area (Å²) in [5, 5.41) is 0. The molecule has 0 saturated heterocycles. The van der Waals surface area contributed by atoms with Gasteiger partial charge in [-0.15, -0.1) is 0 Å². The molecule has 0 saturated carbocycles. The quantitative estimate of drug-likeness (QED) is 0.716. The molecule has 0 aliphatic carbocycles. The van der Waals surface area contributed by atoms with Gasteiger partial charge in [0.25, 0.3) is 0 Å². The van der Waals surface area contributed by atoms with Crippen LogP contribution in [0.1, 0.15) is 12.6 Å². The number of thioether (sulfide) groups is 1. The van der Waals surface area contributed by atoms with Crippen LogP contribution in [-0.4, -0.2) is 31.5 Å². The first-order valence-electron chi connectivity index (χ1n) is 5.43. The van der Waals surface area contributed by atoms with Gasteiger partial charge in [-0.1, -0.05) is 0 Å². The van der Waals surface area contributed by atoms with Gasteiger partial charge in [-0.2, -0.15) is 11.8 Å². The molecule has 0 atom stereocenters. The summed E-state index contributed by atoms with van der Waals surface area (Å²) in [6.07, 6.45) is 3.57. The van der Waals surface area contributed by atoms with Gasteiger partial charge in [0.2, 0.25) is 10.0 Å². The second-order valence-corrected chi connectivity index (χ2v) is 6.30. The first kappa shape index (κ1) is 14.6. The predicted octanol–water partition coefficient (Wildman–Crippen LogP) is 0.608. The summed E-state index contributed by atoms with van der Waals surface area (Å²) in [4.78, 5) is 0.293. The smallest absolute Gasteiger partial charge is 0.242 e. The molecule has 0 unspecified atom stereocenters. The van der Waals surface area contributed by atoms with Crippen molar-refractivity contribution in [2.75, 3.05) is 18.6 Å². The number of hydrogen-bond donors (Lipinski definition) is 2. The molecule has 17 heavy (non-hydrogen) atoms. The summed E-state index contributed by atoms with van der Waals surface area (Å²) in [6.45, 7) is 3.45. The van der Waals surface area contributed by atoms with Crippen molar-refractivity contribution in [3.05, 3.63) is 18.0 Å². The van der Waals surface area contributed by atoms with E-state index in [0.717, 1.165) is 11.4 Å². The summed E-state index contributed by atoms with van der Waals surface area (Å²) in [7, 11) is -3.39. The third-order valence-electron chi connectivity index (χ3n) is 2.42. The van der Waals surface area contributed by atoms with E-state index in [0.29, 0.717) is 24.5 Å². The second-order valence-electron chi connectivity index (χ2n) is 3.55. The highest BCUT2D eigenvalue weighted by Crippen LogP contribution is 2.14. The van der Waals surface area contributed by atoms with Crippen LogP contribution in [0.5, 0.6) is 0 Å². The summed E-state index contributed by atoms with van der Waals surface area (Å²) >= 11 is 1.60. The van der Waals surface area contributed by atoms with Crippen molar-refractivity contribution in [2.45, 2.75) is 24.9 Å². The number of nitrogens with one attached hydrogen (secondary N) is 1. The average Bonchev–Trinajstić information content (AvgIpc) is 2.73. The van der Waals surface area contributed by atoms with Crippen LogP contribution in [0, 0.1) is 0 Å². The zero-order chi connectivity index (χ0) is 12.9. The van der Waals surface area contributed by atoms with E-state index in [2.05, 4.69) is 4.72 Å². The van der Waals surface area contributed by atoms with E-state index < -0.39 is 10.0 Å². The molecular weight excluding hydrogens is 258 g/mol. The predicted molar refractivity (Wildman–Crippen MR) is 71.6 cm³/mol. The molecular formula is C10H19N3O2S2. The van der Waals surface area contributed by atoms with E-state index >= 15 is 0 Å². The lowest BCUT2D eigenvalue weighted by molar-refractivity contribution is 0.584. The first-order valence-corrected chi connectivity index (χ1v) is 8.30. The van der Waals surface area contributed by atoms with Crippen molar-refractivity contribution in [1.82, 2.24) is 9.29 Å². The Kier molecular flexibility index (Phi) is 5.51. The number of aryl methyl sites for hydroxylation is 1. The average molecular weight is 277 g/mol. The van der Waals surface area contributed by atoms with Crippen molar-refractivity contribution in [1.29, 1.82) is 0 Å². The van der Waals surface area contributed by atoms with Crippen LogP contribution >= 0.6 is 11.8 Å². The maximum Gasteiger partial charge on any atom is 0.242 e. The Morgan fingerprint density at radius 2 is 2.24 bits per heavy atom. The highest BCUT2D eigenvalue weighted by atomic mass is 32.2. The van der Waals surface area contributed by atoms with Gasteiger partial charge < -0.3 is 10.3 Å². The van der Waals surface area contributed by atoms with Gasteiger partial charge in [0.1, 0.15) is 0 Å². The van der Waals surface area contributed by atoms with Gasteiger partial charge in [0, 0.05) is 37.3 Å². The van der Waals surface area contributed by atoms with Crippen molar-refractivity contribution < 1.29 is 8.42 Å². The highest BCUT2D eigenvalue weighted by Gasteiger charge is 2.16. The fraction of sp³-hybridized carbons (Fsp3) is 0.600. The van der Waals surface area contributed by atoms with Crippen LogP contribution in [0.2, 0.25) is 0 Å². The molecule has 1 aromatic heterocycles. The van der Waals surface area contributed by atoms with Crippen LogP contribution in [0.3, 0.4) is 0 Å². The van der Waals surface area contributed by atoms with Crippen LogP contribution < -0.4 is 10.5 Å². The lowest BCUT2D eigenvalue weighted by Crippen LogP contribution is -2.25. The Morgan fingerprint density at radius 3 is 2.71 bits per heavy atom. The Labute approximate surface area is 107 Å². The fourth-order valence-corrected chi connectivity index (χ4v) is 3.03. The van der Waals surface area contributed by atoms with E-state index in [4.69, 9.17) is 5.73 Å². The van der Waals surface area contributed by atoms with Crippen LogP contribution in [0.15, 0.2) is 17.2 Å². The number of hydrogen-bond acceptors (Lipinski definition) is 4. The van der Waals surface area contributed by atoms with Crippen molar-refractivity contribution >= 4 is 21.8 Å². The molecule has 0 spiro atoms. The normalized spacial score (nSPS) is 11.9. The van der Waals surface area contributed by atoms with Gasteiger partial charge in [-0.25, -0.2) is 13.1 Å². The number of rotatable bonds is 7. The Bertz CT molecular complexity index is 433. The van der Waals surface area contributed by atoms with Crippen LogP contribution in [0.4, 0.5) is 0 Å². The number of sulfonamides is 1. The molecule has 0 aliphatic rings. The molecule has 0 radical (unpaired) electrons. The van der Waals surface area contributed by atoms with Crippen molar-refractivity contribution in [3.63, 3.8) is 0 Å². The summed E-state index contributed by atoms with van der Waals surface area (Å²) in [5.74, 6) is 0.761. The standard InChI is InChI=1S/C10H19N3O2S2/c1-3-13-8-10(6-9(13)7-11)17(14,15)12-4-5-16-2/h6,8,12H,3-5,7,11H2,1-2H3. The molecule has 3 N–H and O–H groups in total. The largest absolute Gasteiger partial charge is 0.349 e. The van der Waals surface area contributed by atoms with E-state index in [9.17, 15) is 8.42 Å². The second kappa shape index (κ2) is 6.44. The Hall–Kier alpha value is -0.500. The minimum Gasteiger partial charge on any atom is -0.349 e. The minimum atomic E-state index is -3.39. The number of nitrogens with two attached hydrogens (primary N) is 1. The molecule has 98 valence electrons. The summed E-state index contributed by atoms with van der Waals surface area (Å²) in [6, 6.07) is 1.63. The van der Waals surface area contributed by atoms with Crippen molar-refractivity contribution in [3.8, 4) is 0 Å². The van der Waals surface area contributed by atoms with Crippen LogP contribution in [0.25, 0.3) is 0 Å². The molecule has 0 fully saturated rings. The summed E-state index contributed by atoms with van der Waals surface area (Å²) in [5.41, 5.74) is 6.40. The number of nitrogens with zero attached hydrogens (tertiary/aromatic N) is 1. The van der Waals surface area contributed by atoms with Gasteiger partial charge in [-0.05, 0) is 19.2 Å². The first-order chi connectivity index (χ1) is 8.05.